The molecule has 2 amide bonds. The van der Waals surface area contributed by atoms with Gasteiger partial charge in [-0.1, -0.05) is 36.4 Å². The fourth-order valence-corrected chi connectivity index (χ4v) is 3.52. The number of likely N-dealkylation sites (tertiary alicyclic amines) is 1. The van der Waals surface area contributed by atoms with Gasteiger partial charge in [0.2, 0.25) is 5.91 Å². The Kier molecular flexibility index (Phi) is 6.77. The van der Waals surface area contributed by atoms with Gasteiger partial charge in [0.25, 0.3) is 5.91 Å². The van der Waals surface area contributed by atoms with E-state index in [9.17, 15) is 9.59 Å². The molecule has 0 unspecified atom stereocenters. The number of aromatic nitrogens is 1. The lowest BCUT2D eigenvalue weighted by Crippen LogP contribution is -2.42. The van der Waals surface area contributed by atoms with Crippen LogP contribution in [0.3, 0.4) is 0 Å². The molecule has 0 spiro atoms. The molecule has 1 aliphatic carbocycles. The SMILES string of the molecule is O=C(NCC1CCN(C(=O)C2CC2)CC1)c1cscn1.c1ccccc1. The van der Waals surface area contributed by atoms with Crippen molar-refractivity contribution < 1.29 is 9.59 Å². The highest BCUT2D eigenvalue weighted by Crippen LogP contribution is 2.32. The van der Waals surface area contributed by atoms with Gasteiger partial charge in [0.1, 0.15) is 5.69 Å². The predicted octanol–water partition coefficient (Wildman–Crippen LogP) is 3.21. The van der Waals surface area contributed by atoms with Gasteiger partial charge < -0.3 is 10.2 Å². The third-order valence-corrected chi connectivity index (χ3v) is 5.32. The van der Waals surface area contributed by atoms with Gasteiger partial charge in [-0.2, -0.15) is 0 Å². The summed E-state index contributed by atoms with van der Waals surface area (Å²) in [5.41, 5.74) is 2.16. The Balaban J connectivity index is 0.000000278. The van der Waals surface area contributed by atoms with Crippen LogP contribution in [-0.2, 0) is 4.79 Å². The number of rotatable bonds is 4. The molecular weight excluding hydrogens is 346 g/mol. The number of nitrogens with one attached hydrogen (secondary N) is 1. The molecule has 1 N–H and O–H groups in total. The second-order valence-corrected chi connectivity index (χ2v) is 7.50. The van der Waals surface area contributed by atoms with Crippen molar-refractivity contribution in [3.63, 3.8) is 0 Å². The number of hydrogen-bond donors (Lipinski definition) is 1. The number of hydrogen-bond acceptors (Lipinski definition) is 4. The van der Waals surface area contributed by atoms with E-state index in [1.54, 1.807) is 10.9 Å². The van der Waals surface area contributed by atoms with E-state index in [-0.39, 0.29) is 5.91 Å². The van der Waals surface area contributed by atoms with Crippen LogP contribution in [0.4, 0.5) is 0 Å². The van der Waals surface area contributed by atoms with Crippen LogP contribution in [0.5, 0.6) is 0 Å². The molecule has 4 rings (SSSR count). The molecule has 1 aliphatic heterocycles. The molecule has 26 heavy (non-hydrogen) atoms. The van der Waals surface area contributed by atoms with E-state index >= 15 is 0 Å². The Labute approximate surface area is 158 Å². The van der Waals surface area contributed by atoms with Crippen LogP contribution in [0.1, 0.15) is 36.2 Å². The van der Waals surface area contributed by atoms with Crippen molar-refractivity contribution in [3.05, 3.63) is 53.0 Å². The molecule has 1 saturated heterocycles. The number of carbonyl (C=O) groups excluding carboxylic acids is 2. The summed E-state index contributed by atoms with van der Waals surface area (Å²) in [5, 5.41) is 4.69. The number of benzene rings is 1. The summed E-state index contributed by atoms with van der Waals surface area (Å²) in [4.78, 5) is 29.7. The summed E-state index contributed by atoms with van der Waals surface area (Å²) < 4.78 is 0. The average molecular weight is 372 g/mol. The lowest BCUT2D eigenvalue weighted by molar-refractivity contribution is -0.133. The molecule has 2 fully saturated rings. The molecule has 5 nitrogen and oxygen atoms in total. The largest absolute Gasteiger partial charge is 0.350 e. The van der Waals surface area contributed by atoms with Gasteiger partial charge in [0.15, 0.2) is 0 Å². The molecule has 6 heteroatoms. The molecule has 2 aliphatic rings. The minimum Gasteiger partial charge on any atom is -0.350 e. The Morgan fingerprint density at radius 1 is 1.04 bits per heavy atom. The highest BCUT2D eigenvalue weighted by Gasteiger charge is 2.34. The van der Waals surface area contributed by atoms with E-state index in [4.69, 9.17) is 0 Å². The van der Waals surface area contributed by atoms with E-state index in [0.29, 0.717) is 30.0 Å². The van der Waals surface area contributed by atoms with Crippen molar-refractivity contribution in [1.82, 2.24) is 15.2 Å². The minimum absolute atomic E-state index is 0.0947. The van der Waals surface area contributed by atoms with Crippen LogP contribution in [0.25, 0.3) is 0 Å². The molecule has 2 heterocycles. The first-order valence-corrected chi connectivity index (χ1v) is 10.1. The predicted molar refractivity (Wildman–Crippen MR) is 103 cm³/mol. The van der Waals surface area contributed by atoms with Gasteiger partial charge in [-0.05, 0) is 31.6 Å². The number of amides is 2. The van der Waals surface area contributed by atoms with E-state index in [2.05, 4.69) is 10.3 Å². The third kappa shape index (κ3) is 5.66. The summed E-state index contributed by atoms with van der Waals surface area (Å²) >= 11 is 1.43. The standard InChI is InChI=1S/C14H19N3O2S.C6H6/c18-13(12-8-20-9-16-12)15-7-10-3-5-17(6-4-10)14(19)11-1-2-11;1-2-4-6-5-3-1/h8-11H,1-7H2,(H,15,18);1-6H. The first-order valence-electron chi connectivity index (χ1n) is 9.19. The number of piperidine rings is 1. The Morgan fingerprint density at radius 2 is 1.65 bits per heavy atom. The number of thiazole rings is 1. The molecule has 1 saturated carbocycles. The summed E-state index contributed by atoms with van der Waals surface area (Å²) in [6.07, 6.45) is 4.11. The van der Waals surface area contributed by atoms with Gasteiger partial charge in [-0.25, -0.2) is 4.98 Å². The highest BCUT2D eigenvalue weighted by atomic mass is 32.1. The smallest absolute Gasteiger partial charge is 0.270 e. The van der Waals surface area contributed by atoms with Crippen LogP contribution in [0.15, 0.2) is 47.3 Å². The molecular formula is C20H25N3O2S. The van der Waals surface area contributed by atoms with Crippen molar-refractivity contribution in [2.75, 3.05) is 19.6 Å². The van der Waals surface area contributed by atoms with Crippen LogP contribution in [0, 0.1) is 11.8 Å². The molecule has 1 aromatic carbocycles. The highest BCUT2D eigenvalue weighted by molar-refractivity contribution is 7.07. The average Bonchev–Trinajstić information content (AvgIpc) is 3.41. The first-order chi connectivity index (χ1) is 12.7. The molecule has 0 radical (unpaired) electrons. The summed E-state index contributed by atoms with van der Waals surface area (Å²) in [5.74, 6) is 1.04. The van der Waals surface area contributed by atoms with Crippen LogP contribution < -0.4 is 5.32 Å². The van der Waals surface area contributed by atoms with Crippen LogP contribution in [0.2, 0.25) is 0 Å². The second kappa shape index (κ2) is 9.48. The van der Waals surface area contributed by atoms with E-state index in [1.165, 1.54) is 11.3 Å². The van der Waals surface area contributed by atoms with Crippen molar-refractivity contribution in [2.24, 2.45) is 11.8 Å². The summed E-state index contributed by atoms with van der Waals surface area (Å²) in [7, 11) is 0. The van der Waals surface area contributed by atoms with Crippen molar-refractivity contribution in [1.29, 1.82) is 0 Å². The maximum atomic E-state index is 11.9. The Bertz CT molecular complexity index is 652. The number of nitrogens with zero attached hydrogens (tertiary/aromatic N) is 2. The van der Waals surface area contributed by atoms with Crippen molar-refractivity contribution >= 4 is 23.2 Å². The lowest BCUT2D eigenvalue weighted by Gasteiger charge is -2.32. The number of carbonyl (C=O) groups is 2. The first kappa shape index (κ1) is 18.6. The Hall–Kier alpha value is -2.21. The van der Waals surface area contributed by atoms with Crippen LogP contribution >= 0.6 is 11.3 Å². The molecule has 2 aromatic rings. The van der Waals surface area contributed by atoms with E-state index in [0.717, 1.165) is 38.8 Å². The fraction of sp³-hybridized carbons (Fsp3) is 0.450. The molecule has 0 bridgehead atoms. The van der Waals surface area contributed by atoms with E-state index < -0.39 is 0 Å². The second-order valence-electron chi connectivity index (χ2n) is 6.78. The monoisotopic (exact) mass is 371 g/mol. The molecule has 1 aromatic heterocycles. The van der Waals surface area contributed by atoms with E-state index in [1.807, 2.05) is 41.3 Å². The van der Waals surface area contributed by atoms with Gasteiger partial charge >= 0.3 is 0 Å². The topological polar surface area (TPSA) is 62.3 Å². The molecule has 0 atom stereocenters. The minimum atomic E-state index is -0.0947. The lowest BCUT2D eigenvalue weighted by atomic mass is 9.96. The Morgan fingerprint density at radius 3 is 2.15 bits per heavy atom. The van der Waals surface area contributed by atoms with Crippen molar-refractivity contribution in [2.45, 2.75) is 25.7 Å². The fourth-order valence-electron chi connectivity index (χ4n) is 2.98. The maximum Gasteiger partial charge on any atom is 0.270 e. The van der Waals surface area contributed by atoms with Gasteiger partial charge in [-0.15, -0.1) is 11.3 Å². The summed E-state index contributed by atoms with van der Waals surface area (Å²) in [6, 6.07) is 12.0. The zero-order valence-electron chi connectivity index (χ0n) is 14.8. The van der Waals surface area contributed by atoms with Gasteiger partial charge in [-0.3, -0.25) is 9.59 Å². The maximum absolute atomic E-state index is 11.9. The third-order valence-electron chi connectivity index (χ3n) is 4.74. The van der Waals surface area contributed by atoms with Gasteiger partial charge in [0, 0.05) is 30.9 Å². The molecule has 138 valence electrons. The zero-order valence-corrected chi connectivity index (χ0v) is 15.7. The van der Waals surface area contributed by atoms with Crippen molar-refractivity contribution in [3.8, 4) is 0 Å². The van der Waals surface area contributed by atoms with Crippen LogP contribution in [-0.4, -0.2) is 41.3 Å². The van der Waals surface area contributed by atoms with Gasteiger partial charge in [0.05, 0.1) is 5.51 Å². The normalized spacial score (nSPS) is 17.2. The summed E-state index contributed by atoms with van der Waals surface area (Å²) in [6.45, 7) is 2.36. The zero-order chi connectivity index (χ0) is 18.2. The quantitative estimate of drug-likeness (QED) is 0.898.